The fourth-order valence-corrected chi connectivity index (χ4v) is 4.01. The highest BCUT2D eigenvalue weighted by atomic mass is 35.5. The number of hydrogen-bond donors (Lipinski definition) is 2. The number of rotatable bonds is 9. The van der Waals surface area contributed by atoms with E-state index < -0.39 is 36.2 Å². The number of anilines is 1. The highest BCUT2D eigenvalue weighted by molar-refractivity contribution is 8.18. The monoisotopic (exact) mass is 504 g/mol. The second kappa shape index (κ2) is 11.1. The lowest BCUT2D eigenvalue weighted by atomic mass is 10.1. The lowest BCUT2D eigenvalue weighted by molar-refractivity contribution is -0.139. The van der Waals surface area contributed by atoms with Gasteiger partial charge in [-0.15, -0.1) is 0 Å². The first-order valence-corrected chi connectivity index (χ1v) is 11.3. The van der Waals surface area contributed by atoms with E-state index in [-0.39, 0.29) is 10.7 Å². The van der Waals surface area contributed by atoms with Crippen LogP contribution in [0, 0.1) is 6.92 Å². The topological polar surface area (TPSA) is 122 Å². The average molecular weight is 505 g/mol. The van der Waals surface area contributed by atoms with Gasteiger partial charge in [0.1, 0.15) is 6.54 Å². The summed E-state index contributed by atoms with van der Waals surface area (Å²) in [5, 5.41) is 11.4. The first-order valence-electron chi connectivity index (χ1n) is 10.1. The number of nitrogens with zero attached hydrogens (tertiary/aromatic N) is 1. The molecule has 0 radical (unpaired) electrons. The molecule has 1 fully saturated rings. The van der Waals surface area contributed by atoms with Crippen molar-refractivity contribution in [1.29, 1.82) is 0 Å². The summed E-state index contributed by atoms with van der Waals surface area (Å²) in [7, 11) is 0. The van der Waals surface area contributed by atoms with E-state index in [9.17, 15) is 19.2 Å². The van der Waals surface area contributed by atoms with E-state index in [0.717, 1.165) is 10.5 Å². The van der Waals surface area contributed by atoms with Gasteiger partial charge in [-0.1, -0.05) is 29.8 Å². The molecule has 1 aliphatic heterocycles. The molecule has 0 aromatic heterocycles. The van der Waals surface area contributed by atoms with Crippen LogP contribution < -0.4 is 14.8 Å². The minimum Gasteiger partial charge on any atom is -0.490 e. The number of halogens is 1. The molecule has 11 heteroatoms. The number of carbonyl (C=O) groups is 4. The Kier molecular flexibility index (Phi) is 8.19. The van der Waals surface area contributed by atoms with E-state index in [2.05, 4.69) is 5.32 Å². The fraction of sp³-hybridized carbons (Fsp3) is 0.217. The van der Waals surface area contributed by atoms with Crippen molar-refractivity contribution in [3.05, 3.63) is 57.5 Å². The van der Waals surface area contributed by atoms with E-state index in [0.29, 0.717) is 40.4 Å². The third kappa shape index (κ3) is 6.09. The molecule has 1 saturated heterocycles. The molecule has 3 amide bonds. The summed E-state index contributed by atoms with van der Waals surface area (Å²) in [4.78, 5) is 49.6. The molecule has 2 aromatic rings. The van der Waals surface area contributed by atoms with Crippen LogP contribution >= 0.6 is 23.4 Å². The normalized spacial score (nSPS) is 14.4. The first kappa shape index (κ1) is 25.1. The maximum atomic E-state index is 12.8. The molecule has 2 N–H and O–H groups in total. The molecule has 9 nitrogen and oxygen atoms in total. The molecular formula is C23H21ClN2O7S. The number of imide groups is 1. The molecule has 1 aliphatic rings. The number of aryl methyl sites for hydroxylation is 1. The summed E-state index contributed by atoms with van der Waals surface area (Å²) >= 11 is 6.73. The van der Waals surface area contributed by atoms with Crippen LogP contribution in [0.3, 0.4) is 0 Å². The van der Waals surface area contributed by atoms with Crippen LogP contribution in [-0.4, -0.2) is 52.8 Å². The van der Waals surface area contributed by atoms with Gasteiger partial charge in [-0.2, -0.15) is 0 Å². The van der Waals surface area contributed by atoms with Crippen molar-refractivity contribution < 1.29 is 33.8 Å². The quantitative estimate of drug-likeness (QED) is 0.487. The van der Waals surface area contributed by atoms with Gasteiger partial charge in [-0.3, -0.25) is 19.3 Å². The summed E-state index contributed by atoms with van der Waals surface area (Å²) in [6.45, 7) is 2.80. The van der Waals surface area contributed by atoms with Gasteiger partial charge in [0.15, 0.2) is 18.1 Å². The molecule has 0 aliphatic carbocycles. The van der Waals surface area contributed by atoms with E-state index in [1.54, 1.807) is 43.3 Å². The van der Waals surface area contributed by atoms with Crippen LogP contribution in [0.4, 0.5) is 10.5 Å². The number of carboxylic acid groups (broad SMARTS) is 1. The highest BCUT2D eigenvalue weighted by Gasteiger charge is 2.36. The summed E-state index contributed by atoms with van der Waals surface area (Å²) in [5.41, 5.74) is 1.64. The highest BCUT2D eigenvalue weighted by Crippen LogP contribution is 2.37. The zero-order valence-corrected chi connectivity index (χ0v) is 19.9. The third-order valence-electron chi connectivity index (χ3n) is 4.57. The molecule has 0 bridgehead atoms. The van der Waals surface area contributed by atoms with Gasteiger partial charge in [-0.25, -0.2) is 4.79 Å². The van der Waals surface area contributed by atoms with Crippen LogP contribution in [0.15, 0.2) is 41.3 Å². The second-order valence-corrected chi connectivity index (χ2v) is 8.47. The molecule has 0 saturated carbocycles. The van der Waals surface area contributed by atoms with Crippen molar-refractivity contribution in [2.24, 2.45) is 0 Å². The van der Waals surface area contributed by atoms with E-state index in [1.165, 1.54) is 6.08 Å². The number of thioether (sulfide) groups is 1. The largest absolute Gasteiger partial charge is 0.490 e. The predicted molar refractivity (Wildman–Crippen MR) is 128 cm³/mol. The summed E-state index contributed by atoms with van der Waals surface area (Å²) in [6, 6.07) is 9.83. The third-order valence-corrected chi connectivity index (χ3v) is 5.88. The van der Waals surface area contributed by atoms with Crippen molar-refractivity contribution in [2.45, 2.75) is 13.8 Å². The van der Waals surface area contributed by atoms with Gasteiger partial charge in [0, 0.05) is 16.3 Å². The van der Waals surface area contributed by atoms with Crippen molar-refractivity contribution in [1.82, 2.24) is 4.90 Å². The Labute approximate surface area is 204 Å². The van der Waals surface area contributed by atoms with Crippen LogP contribution in [0.25, 0.3) is 6.08 Å². The molecule has 34 heavy (non-hydrogen) atoms. The van der Waals surface area contributed by atoms with Gasteiger partial charge in [0.25, 0.3) is 11.1 Å². The Morgan fingerprint density at radius 2 is 1.97 bits per heavy atom. The smallest absolute Gasteiger partial charge is 0.341 e. The van der Waals surface area contributed by atoms with Gasteiger partial charge in [0.05, 0.1) is 11.5 Å². The standard InChI is InChI=1S/C23H21ClN2O7S/c1-3-32-17-6-4-5-14(21(17)33-12-20(28)29)9-18-22(30)26(23(31)34-18)11-19(27)25-15-8-7-13(2)16(24)10-15/h4-10H,3,11-12H2,1-2H3,(H,25,27)(H,28,29)/b18-9-. The van der Waals surface area contributed by atoms with Crippen LogP contribution in [-0.2, 0) is 14.4 Å². The van der Waals surface area contributed by atoms with Gasteiger partial charge < -0.3 is 19.9 Å². The zero-order valence-electron chi connectivity index (χ0n) is 18.3. The lowest BCUT2D eigenvalue weighted by Gasteiger charge is -2.14. The minimum absolute atomic E-state index is 0.0602. The predicted octanol–water partition coefficient (Wildman–Crippen LogP) is 4.19. The molecule has 0 spiro atoms. The fourth-order valence-electron chi connectivity index (χ4n) is 3.00. The second-order valence-electron chi connectivity index (χ2n) is 7.07. The van der Waals surface area contributed by atoms with Gasteiger partial charge in [0.2, 0.25) is 5.91 Å². The number of nitrogens with one attached hydrogen (secondary N) is 1. The van der Waals surface area contributed by atoms with Crippen LogP contribution in [0.5, 0.6) is 11.5 Å². The summed E-state index contributed by atoms with van der Waals surface area (Å²) in [5.74, 6) is -1.97. The van der Waals surface area contributed by atoms with Crippen LogP contribution in [0.1, 0.15) is 18.1 Å². The number of benzene rings is 2. The van der Waals surface area contributed by atoms with Crippen molar-refractivity contribution in [3.8, 4) is 11.5 Å². The lowest BCUT2D eigenvalue weighted by Crippen LogP contribution is -2.36. The Balaban J connectivity index is 1.78. The molecular weight excluding hydrogens is 484 g/mol. The zero-order chi connectivity index (χ0) is 24.8. The molecule has 0 atom stereocenters. The Hall–Kier alpha value is -3.50. The van der Waals surface area contributed by atoms with Crippen molar-refractivity contribution >= 4 is 58.1 Å². The number of carbonyl (C=O) groups excluding carboxylic acids is 3. The summed E-state index contributed by atoms with van der Waals surface area (Å²) < 4.78 is 10.9. The maximum absolute atomic E-state index is 12.8. The molecule has 2 aromatic carbocycles. The van der Waals surface area contributed by atoms with E-state index >= 15 is 0 Å². The number of hydrogen-bond acceptors (Lipinski definition) is 7. The SMILES string of the molecule is CCOc1cccc(/C=C2\SC(=O)N(CC(=O)Nc3ccc(C)c(Cl)c3)C2=O)c1OCC(=O)O. The Morgan fingerprint density at radius 3 is 2.65 bits per heavy atom. The number of carboxylic acids is 1. The molecule has 3 rings (SSSR count). The number of ether oxygens (including phenoxy) is 2. The van der Waals surface area contributed by atoms with E-state index in [1.807, 2.05) is 6.92 Å². The average Bonchev–Trinajstić information content (AvgIpc) is 3.03. The number of amides is 3. The molecule has 178 valence electrons. The van der Waals surface area contributed by atoms with Crippen LogP contribution in [0.2, 0.25) is 5.02 Å². The van der Waals surface area contributed by atoms with Crippen molar-refractivity contribution in [2.75, 3.05) is 25.1 Å². The number of aliphatic carboxylic acids is 1. The van der Waals surface area contributed by atoms with Gasteiger partial charge in [-0.05, 0) is 55.4 Å². The van der Waals surface area contributed by atoms with Gasteiger partial charge >= 0.3 is 5.97 Å². The Morgan fingerprint density at radius 1 is 1.21 bits per heavy atom. The molecule has 1 heterocycles. The Bertz CT molecular complexity index is 1180. The van der Waals surface area contributed by atoms with E-state index in [4.69, 9.17) is 26.2 Å². The first-order chi connectivity index (χ1) is 16.2. The molecule has 0 unspecified atom stereocenters. The summed E-state index contributed by atoms with van der Waals surface area (Å²) in [6.07, 6.45) is 1.41. The minimum atomic E-state index is -1.18. The van der Waals surface area contributed by atoms with Crippen molar-refractivity contribution in [3.63, 3.8) is 0 Å². The number of para-hydroxylation sites is 1. The maximum Gasteiger partial charge on any atom is 0.341 e.